The lowest BCUT2D eigenvalue weighted by Crippen LogP contribution is -2.05. The molecule has 0 aliphatic carbocycles. The predicted octanol–water partition coefficient (Wildman–Crippen LogP) is 2.74. The van der Waals surface area contributed by atoms with Crippen LogP contribution in [0.5, 0.6) is 0 Å². The summed E-state index contributed by atoms with van der Waals surface area (Å²) >= 11 is 1.47. The summed E-state index contributed by atoms with van der Waals surface area (Å²) in [4.78, 5) is 0. The zero-order valence-electron chi connectivity index (χ0n) is 7.30. The van der Waals surface area contributed by atoms with Crippen molar-refractivity contribution in [2.45, 2.75) is 24.1 Å². The van der Waals surface area contributed by atoms with Crippen molar-refractivity contribution in [3.63, 3.8) is 0 Å². The average Bonchev–Trinajstić information content (AvgIpc) is 1.97. The van der Waals surface area contributed by atoms with E-state index in [0.29, 0.717) is 12.2 Å². The van der Waals surface area contributed by atoms with Gasteiger partial charge in [0.25, 0.3) is 0 Å². The first-order valence-electron chi connectivity index (χ1n) is 3.89. The van der Waals surface area contributed by atoms with Crippen LogP contribution < -0.4 is 0 Å². The van der Waals surface area contributed by atoms with Gasteiger partial charge in [-0.1, -0.05) is 18.7 Å². The fraction of sp³-hybridized carbons (Fsp3) is 1.00. The van der Waals surface area contributed by atoms with Gasteiger partial charge in [-0.2, -0.15) is 24.9 Å². The van der Waals surface area contributed by atoms with Crippen LogP contribution in [0.4, 0.5) is 13.2 Å². The van der Waals surface area contributed by atoms with Crippen molar-refractivity contribution in [1.82, 2.24) is 0 Å². The normalized spacial score (nSPS) is 14.5. The SMILES string of the molecule is CC(CCO)SCCSC(F)(F)F. The highest BCUT2D eigenvalue weighted by molar-refractivity contribution is 8.03. The molecule has 0 aromatic heterocycles. The summed E-state index contributed by atoms with van der Waals surface area (Å²) in [6.45, 7) is 2.00. The molecule has 80 valence electrons. The van der Waals surface area contributed by atoms with Crippen LogP contribution in [0.1, 0.15) is 13.3 Å². The van der Waals surface area contributed by atoms with Gasteiger partial charge in [0, 0.05) is 23.4 Å². The molecule has 0 aromatic carbocycles. The molecule has 0 amide bonds. The van der Waals surface area contributed by atoms with Gasteiger partial charge in [0.05, 0.1) is 0 Å². The molecule has 0 heterocycles. The Balaban J connectivity index is 3.25. The smallest absolute Gasteiger partial charge is 0.396 e. The number of thioether (sulfide) groups is 2. The molecule has 1 unspecified atom stereocenters. The minimum absolute atomic E-state index is 0.0103. The molecule has 0 saturated heterocycles. The van der Waals surface area contributed by atoms with E-state index in [4.69, 9.17) is 5.11 Å². The minimum Gasteiger partial charge on any atom is -0.396 e. The largest absolute Gasteiger partial charge is 0.441 e. The van der Waals surface area contributed by atoms with E-state index in [1.807, 2.05) is 6.92 Å². The van der Waals surface area contributed by atoms with Gasteiger partial charge in [-0.25, -0.2) is 0 Å². The Morgan fingerprint density at radius 3 is 2.38 bits per heavy atom. The van der Waals surface area contributed by atoms with Crippen molar-refractivity contribution in [1.29, 1.82) is 0 Å². The van der Waals surface area contributed by atoms with Crippen LogP contribution in [-0.2, 0) is 0 Å². The highest BCUT2D eigenvalue weighted by Crippen LogP contribution is 2.31. The van der Waals surface area contributed by atoms with Crippen molar-refractivity contribution >= 4 is 23.5 Å². The Kier molecular flexibility index (Phi) is 7.07. The topological polar surface area (TPSA) is 20.2 Å². The van der Waals surface area contributed by atoms with Gasteiger partial charge in [0.2, 0.25) is 0 Å². The summed E-state index contributed by atoms with van der Waals surface area (Å²) in [7, 11) is 0. The fourth-order valence-corrected chi connectivity index (χ4v) is 2.30. The number of aliphatic hydroxyl groups excluding tert-OH is 1. The van der Waals surface area contributed by atoms with E-state index in [9.17, 15) is 13.2 Å². The van der Waals surface area contributed by atoms with Crippen LogP contribution in [-0.4, -0.2) is 34.0 Å². The van der Waals surface area contributed by atoms with Crippen molar-refractivity contribution in [2.75, 3.05) is 18.1 Å². The molecule has 6 heteroatoms. The zero-order valence-corrected chi connectivity index (χ0v) is 8.94. The Hall–Kier alpha value is 0.450. The van der Waals surface area contributed by atoms with Gasteiger partial charge < -0.3 is 5.11 Å². The second kappa shape index (κ2) is 6.84. The van der Waals surface area contributed by atoms with Gasteiger partial charge in [0.15, 0.2) is 0 Å². The van der Waals surface area contributed by atoms with Gasteiger partial charge in [-0.15, -0.1) is 0 Å². The summed E-state index contributed by atoms with van der Waals surface area (Å²) in [6, 6.07) is 0. The van der Waals surface area contributed by atoms with Crippen LogP contribution in [0, 0.1) is 0 Å². The lowest BCUT2D eigenvalue weighted by Gasteiger charge is -2.09. The van der Waals surface area contributed by atoms with E-state index in [1.54, 1.807) is 0 Å². The van der Waals surface area contributed by atoms with Gasteiger partial charge in [-0.05, 0) is 6.42 Å². The summed E-state index contributed by atoms with van der Waals surface area (Å²) in [5.74, 6) is 0.565. The summed E-state index contributed by atoms with van der Waals surface area (Å²) < 4.78 is 34.9. The second-order valence-corrected chi connectivity index (χ2v) is 5.19. The number of hydrogen-bond donors (Lipinski definition) is 1. The third-order valence-electron chi connectivity index (χ3n) is 1.29. The van der Waals surface area contributed by atoms with E-state index in [-0.39, 0.29) is 29.4 Å². The average molecular weight is 234 g/mol. The highest BCUT2D eigenvalue weighted by Gasteiger charge is 2.27. The van der Waals surface area contributed by atoms with Gasteiger partial charge >= 0.3 is 5.51 Å². The molecule has 0 aliphatic heterocycles. The van der Waals surface area contributed by atoms with E-state index in [1.165, 1.54) is 11.8 Å². The number of hydrogen-bond acceptors (Lipinski definition) is 3. The monoisotopic (exact) mass is 234 g/mol. The second-order valence-electron chi connectivity index (χ2n) is 2.49. The van der Waals surface area contributed by atoms with Crippen LogP contribution >= 0.6 is 23.5 Å². The van der Waals surface area contributed by atoms with Crippen LogP contribution in [0.15, 0.2) is 0 Å². The van der Waals surface area contributed by atoms with Crippen LogP contribution in [0.2, 0.25) is 0 Å². The van der Waals surface area contributed by atoms with Gasteiger partial charge in [-0.3, -0.25) is 0 Å². The lowest BCUT2D eigenvalue weighted by molar-refractivity contribution is -0.0326. The molecule has 1 N–H and O–H groups in total. The van der Waals surface area contributed by atoms with E-state index in [2.05, 4.69) is 0 Å². The molecule has 13 heavy (non-hydrogen) atoms. The third-order valence-corrected chi connectivity index (χ3v) is 3.53. The third kappa shape index (κ3) is 10.4. The van der Waals surface area contributed by atoms with Crippen LogP contribution in [0.3, 0.4) is 0 Å². The molecule has 0 saturated carbocycles. The number of alkyl halides is 3. The molecule has 0 spiro atoms. The Labute approximate surface area is 84.5 Å². The maximum absolute atomic E-state index is 11.6. The summed E-state index contributed by atoms with van der Waals surface area (Å²) in [5.41, 5.74) is -4.11. The molecule has 0 radical (unpaired) electrons. The lowest BCUT2D eigenvalue weighted by atomic mass is 10.3. The maximum Gasteiger partial charge on any atom is 0.441 e. The quantitative estimate of drug-likeness (QED) is 0.714. The van der Waals surface area contributed by atoms with Crippen LogP contribution in [0.25, 0.3) is 0 Å². The van der Waals surface area contributed by atoms with Crippen molar-refractivity contribution in [3.05, 3.63) is 0 Å². The first-order valence-corrected chi connectivity index (χ1v) is 5.92. The molecule has 0 bridgehead atoms. The van der Waals surface area contributed by atoms with E-state index < -0.39 is 5.51 Å². The maximum atomic E-state index is 11.6. The standard InChI is InChI=1S/C7H13F3OS2/c1-6(2-3-11)12-4-5-13-7(8,9)10/h6,11H,2-5H2,1H3. The van der Waals surface area contributed by atoms with Crippen molar-refractivity contribution < 1.29 is 18.3 Å². The molecule has 0 fully saturated rings. The number of rotatable bonds is 6. The minimum atomic E-state index is -4.11. The Morgan fingerprint density at radius 1 is 1.31 bits per heavy atom. The first kappa shape index (κ1) is 13.4. The molecule has 0 rings (SSSR count). The number of aliphatic hydroxyl groups is 1. The molecule has 0 aliphatic rings. The Morgan fingerprint density at radius 2 is 1.92 bits per heavy atom. The Bertz CT molecular complexity index is 129. The zero-order chi connectivity index (χ0) is 10.3. The summed E-state index contributed by atoms with van der Waals surface area (Å²) in [6.07, 6.45) is 0.640. The fourth-order valence-electron chi connectivity index (χ4n) is 0.672. The molecular weight excluding hydrogens is 221 g/mol. The molecule has 1 nitrogen and oxygen atoms in total. The van der Waals surface area contributed by atoms with E-state index >= 15 is 0 Å². The van der Waals surface area contributed by atoms with Crippen molar-refractivity contribution in [3.8, 4) is 0 Å². The van der Waals surface area contributed by atoms with E-state index in [0.717, 1.165) is 0 Å². The highest BCUT2D eigenvalue weighted by atomic mass is 32.2. The molecule has 0 aromatic rings. The molecular formula is C7H13F3OS2. The van der Waals surface area contributed by atoms with Gasteiger partial charge in [0.1, 0.15) is 0 Å². The molecule has 1 atom stereocenters. The van der Waals surface area contributed by atoms with Crippen molar-refractivity contribution in [2.24, 2.45) is 0 Å². The number of halogens is 3. The first-order chi connectivity index (χ1) is 5.95. The predicted molar refractivity (Wildman–Crippen MR) is 52.1 cm³/mol. The summed E-state index contributed by atoms with van der Waals surface area (Å²) in [5, 5.41) is 8.76.